The first kappa shape index (κ1) is 14.9. The standard InChI is InChI=1S/C19H14N4O2/c24-16-4-1-14(2-5-16)19(25)22-15-3-6-18(21-11-15)23-10-8-13-7-9-20-12-17(13)23/h1-12,24H,(H,22,25). The quantitative estimate of drug-likeness (QED) is 0.603. The molecule has 122 valence electrons. The van der Waals surface area contributed by atoms with Crippen LogP contribution in [-0.4, -0.2) is 25.5 Å². The number of rotatable bonds is 3. The highest BCUT2D eigenvalue weighted by atomic mass is 16.3. The minimum Gasteiger partial charge on any atom is -0.508 e. The molecule has 6 heteroatoms. The van der Waals surface area contributed by atoms with E-state index >= 15 is 0 Å². The summed E-state index contributed by atoms with van der Waals surface area (Å²) in [6.45, 7) is 0. The van der Waals surface area contributed by atoms with Gasteiger partial charge in [-0.05, 0) is 48.5 Å². The molecule has 1 aromatic carbocycles. The van der Waals surface area contributed by atoms with Gasteiger partial charge in [0.1, 0.15) is 11.6 Å². The minimum absolute atomic E-state index is 0.121. The molecule has 0 bridgehead atoms. The predicted octanol–water partition coefficient (Wildman–Crippen LogP) is 3.38. The van der Waals surface area contributed by atoms with Gasteiger partial charge in [-0.25, -0.2) is 4.98 Å². The molecule has 3 heterocycles. The zero-order chi connectivity index (χ0) is 17.2. The number of anilines is 1. The van der Waals surface area contributed by atoms with Gasteiger partial charge in [-0.3, -0.25) is 14.3 Å². The van der Waals surface area contributed by atoms with E-state index in [1.165, 1.54) is 12.1 Å². The molecule has 0 spiro atoms. The summed E-state index contributed by atoms with van der Waals surface area (Å²) in [7, 11) is 0. The molecule has 0 radical (unpaired) electrons. The van der Waals surface area contributed by atoms with Crippen LogP contribution in [0.2, 0.25) is 0 Å². The molecule has 0 aliphatic rings. The van der Waals surface area contributed by atoms with E-state index in [0.29, 0.717) is 11.3 Å². The van der Waals surface area contributed by atoms with Crippen LogP contribution in [0, 0.1) is 0 Å². The van der Waals surface area contributed by atoms with Gasteiger partial charge in [-0.15, -0.1) is 0 Å². The molecule has 25 heavy (non-hydrogen) atoms. The number of carbonyl (C=O) groups is 1. The first-order valence-electron chi connectivity index (χ1n) is 7.68. The van der Waals surface area contributed by atoms with Crippen molar-refractivity contribution in [3.63, 3.8) is 0 Å². The number of phenols is 1. The van der Waals surface area contributed by atoms with Crippen molar-refractivity contribution in [2.24, 2.45) is 0 Å². The van der Waals surface area contributed by atoms with Crippen LogP contribution in [0.3, 0.4) is 0 Å². The highest BCUT2D eigenvalue weighted by Crippen LogP contribution is 2.19. The third kappa shape index (κ3) is 2.92. The molecular weight excluding hydrogens is 316 g/mol. The Hall–Kier alpha value is -3.67. The third-order valence-electron chi connectivity index (χ3n) is 3.88. The SMILES string of the molecule is O=C(Nc1ccc(-n2ccc3ccncc32)nc1)c1ccc(O)cc1. The lowest BCUT2D eigenvalue weighted by molar-refractivity contribution is 0.102. The van der Waals surface area contributed by atoms with Crippen LogP contribution >= 0.6 is 0 Å². The molecule has 0 aliphatic carbocycles. The number of aromatic hydroxyl groups is 1. The fraction of sp³-hybridized carbons (Fsp3) is 0. The Labute approximate surface area is 143 Å². The molecular formula is C19H14N4O2. The zero-order valence-corrected chi connectivity index (χ0v) is 13.1. The minimum atomic E-state index is -0.259. The van der Waals surface area contributed by atoms with Crippen LogP contribution in [0.1, 0.15) is 10.4 Å². The van der Waals surface area contributed by atoms with Crippen LogP contribution < -0.4 is 5.32 Å². The van der Waals surface area contributed by atoms with E-state index in [9.17, 15) is 9.90 Å². The highest BCUT2D eigenvalue weighted by Gasteiger charge is 2.08. The first-order valence-corrected chi connectivity index (χ1v) is 7.68. The number of nitrogens with zero attached hydrogens (tertiary/aromatic N) is 3. The molecule has 4 rings (SSSR count). The van der Waals surface area contributed by atoms with E-state index in [0.717, 1.165) is 16.7 Å². The van der Waals surface area contributed by atoms with Crippen molar-refractivity contribution < 1.29 is 9.90 Å². The maximum Gasteiger partial charge on any atom is 0.255 e. The van der Waals surface area contributed by atoms with Crippen LogP contribution in [0.15, 0.2) is 73.3 Å². The van der Waals surface area contributed by atoms with Crippen LogP contribution in [0.25, 0.3) is 16.7 Å². The monoisotopic (exact) mass is 330 g/mol. The largest absolute Gasteiger partial charge is 0.508 e. The Morgan fingerprint density at radius 1 is 1.00 bits per heavy atom. The Morgan fingerprint density at radius 2 is 1.84 bits per heavy atom. The average Bonchev–Trinajstić information content (AvgIpc) is 3.07. The molecule has 0 atom stereocenters. The smallest absolute Gasteiger partial charge is 0.255 e. The maximum atomic E-state index is 12.2. The highest BCUT2D eigenvalue weighted by molar-refractivity contribution is 6.04. The summed E-state index contributed by atoms with van der Waals surface area (Å²) in [6.07, 6.45) is 7.08. The number of fused-ring (bicyclic) bond motifs is 1. The summed E-state index contributed by atoms with van der Waals surface area (Å²) in [5, 5.41) is 13.1. The molecule has 2 N–H and O–H groups in total. The zero-order valence-electron chi connectivity index (χ0n) is 13.1. The normalized spacial score (nSPS) is 10.7. The van der Waals surface area contributed by atoms with Gasteiger partial charge < -0.3 is 10.4 Å². The Balaban J connectivity index is 1.56. The Bertz CT molecular complexity index is 1040. The number of nitrogens with one attached hydrogen (secondary N) is 1. The Morgan fingerprint density at radius 3 is 2.60 bits per heavy atom. The predicted molar refractivity (Wildman–Crippen MR) is 94.9 cm³/mol. The summed E-state index contributed by atoms with van der Waals surface area (Å²) in [5.74, 6) is 0.604. The number of aromatic nitrogens is 3. The second kappa shape index (κ2) is 6.09. The molecule has 0 saturated carbocycles. The number of hydrogen-bond acceptors (Lipinski definition) is 4. The van der Waals surface area contributed by atoms with Crippen molar-refractivity contribution >= 4 is 22.5 Å². The molecule has 0 saturated heterocycles. The summed E-state index contributed by atoms with van der Waals surface area (Å²) in [5.41, 5.74) is 2.02. The van der Waals surface area contributed by atoms with E-state index in [1.54, 1.807) is 36.8 Å². The van der Waals surface area contributed by atoms with Gasteiger partial charge in [0.15, 0.2) is 0 Å². The summed E-state index contributed by atoms with van der Waals surface area (Å²) < 4.78 is 1.94. The summed E-state index contributed by atoms with van der Waals surface area (Å²) in [6, 6.07) is 13.6. The number of carbonyl (C=O) groups excluding carboxylic acids is 1. The number of pyridine rings is 2. The number of phenolic OH excluding ortho intramolecular Hbond substituents is 1. The Kier molecular flexibility index (Phi) is 3.63. The van der Waals surface area contributed by atoms with Crippen molar-refractivity contribution in [1.29, 1.82) is 0 Å². The van der Waals surface area contributed by atoms with Gasteiger partial charge in [-0.2, -0.15) is 0 Å². The van der Waals surface area contributed by atoms with E-state index in [4.69, 9.17) is 0 Å². The summed E-state index contributed by atoms with van der Waals surface area (Å²) in [4.78, 5) is 20.7. The third-order valence-corrected chi connectivity index (χ3v) is 3.88. The molecule has 3 aromatic heterocycles. The van der Waals surface area contributed by atoms with E-state index in [1.807, 2.05) is 29.0 Å². The van der Waals surface area contributed by atoms with Crippen molar-refractivity contribution in [3.05, 3.63) is 78.9 Å². The van der Waals surface area contributed by atoms with Crippen LogP contribution in [-0.2, 0) is 0 Å². The molecule has 1 amide bonds. The van der Waals surface area contributed by atoms with Crippen molar-refractivity contribution in [1.82, 2.24) is 14.5 Å². The van der Waals surface area contributed by atoms with E-state index in [2.05, 4.69) is 15.3 Å². The van der Waals surface area contributed by atoms with Gasteiger partial charge in [0.05, 0.1) is 23.6 Å². The molecule has 0 aliphatic heterocycles. The van der Waals surface area contributed by atoms with Crippen LogP contribution in [0.4, 0.5) is 5.69 Å². The van der Waals surface area contributed by atoms with Crippen molar-refractivity contribution in [2.75, 3.05) is 5.32 Å². The number of benzene rings is 1. The topological polar surface area (TPSA) is 80.0 Å². The van der Waals surface area contributed by atoms with Crippen LogP contribution in [0.5, 0.6) is 5.75 Å². The second-order valence-electron chi connectivity index (χ2n) is 5.53. The first-order chi connectivity index (χ1) is 12.2. The van der Waals surface area contributed by atoms with Gasteiger partial charge in [0.25, 0.3) is 5.91 Å². The molecule has 6 nitrogen and oxygen atoms in total. The number of hydrogen-bond donors (Lipinski definition) is 2. The van der Waals surface area contributed by atoms with Crippen molar-refractivity contribution in [3.8, 4) is 11.6 Å². The lowest BCUT2D eigenvalue weighted by atomic mass is 10.2. The fourth-order valence-corrected chi connectivity index (χ4v) is 2.59. The lowest BCUT2D eigenvalue weighted by Crippen LogP contribution is -2.12. The van der Waals surface area contributed by atoms with Gasteiger partial charge in [-0.1, -0.05) is 0 Å². The average molecular weight is 330 g/mol. The van der Waals surface area contributed by atoms with Gasteiger partial charge >= 0.3 is 0 Å². The second-order valence-corrected chi connectivity index (χ2v) is 5.53. The van der Waals surface area contributed by atoms with Crippen molar-refractivity contribution in [2.45, 2.75) is 0 Å². The fourth-order valence-electron chi connectivity index (χ4n) is 2.59. The van der Waals surface area contributed by atoms with Gasteiger partial charge in [0.2, 0.25) is 0 Å². The van der Waals surface area contributed by atoms with E-state index < -0.39 is 0 Å². The molecule has 0 unspecified atom stereocenters. The molecule has 0 fully saturated rings. The number of amides is 1. The van der Waals surface area contributed by atoms with Gasteiger partial charge in [0, 0.05) is 23.3 Å². The summed E-state index contributed by atoms with van der Waals surface area (Å²) >= 11 is 0. The lowest BCUT2D eigenvalue weighted by Gasteiger charge is -2.07. The van der Waals surface area contributed by atoms with E-state index in [-0.39, 0.29) is 11.7 Å². The molecule has 4 aromatic rings. The maximum absolute atomic E-state index is 12.2.